The molecule has 0 atom stereocenters. The van der Waals surface area contributed by atoms with Crippen LogP contribution in [0.25, 0.3) is 0 Å². The maximum Gasteiger partial charge on any atom is 1.00 e. The SMILES string of the molecule is N#[C][Fe-]([C]#N)([C]#N)([C]#N)([C]#N)[N]=O.[K+]. The normalized spacial score (nSPS) is 12.8. The zero-order chi connectivity index (χ0) is 10.7. The van der Waals surface area contributed by atoms with Crippen LogP contribution in [0.3, 0.4) is 0 Å². The summed E-state index contributed by atoms with van der Waals surface area (Å²) < 4.78 is 1.97. The van der Waals surface area contributed by atoms with Gasteiger partial charge in [-0.15, -0.1) is 0 Å². The summed E-state index contributed by atoms with van der Waals surface area (Å²) in [6, 6.07) is 0. The van der Waals surface area contributed by atoms with E-state index in [1.54, 1.807) is 0 Å². The molecule has 0 aromatic rings. The van der Waals surface area contributed by atoms with Crippen molar-refractivity contribution in [2.75, 3.05) is 0 Å². The van der Waals surface area contributed by atoms with Gasteiger partial charge in [0.1, 0.15) is 0 Å². The standard InChI is InChI=1S/5CN.Fe.K.NO/c5*1-2;;;1-2/q;;;;;;+1;-1. The van der Waals surface area contributed by atoms with Gasteiger partial charge in [-0.25, -0.2) is 0 Å². The molecule has 0 fully saturated rings. The first kappa shape index (κ1) is 15.7. The van der Waals surface area contributed by atoms with Gasteiger partial charge < -0.3 is 0 Å². The molecule has 0 heterocycles. The van der Waals surface area contributed by atoms with Crippen LogP contribution in [0.5, 0.6) is 0 Å². The van der Waals surface area contributed by atoms with Crippen molar-refractivity contribution in [2.24, 2.45) is 4.19 Å². The van der Waals surface area contributed by atoms with Crippen molar-refractivity contribution in [1.29, 1.82) is 26.3 Å². The first-order valence-electron chi connectivity index (χ1n) is 2.34. The van der Waals surface area contributed by atoms with Gasteiger partial charge in [0.15, 0.2) is 0 Å². The van der Waals surface area contributed by atoms with Crippen molar-refractivity contribution in [2.45, 2.75) is 0 Å². The molecule has 0 unspecified atom stereocenters. The van der Waals surface area contributed by atoms with E-state index in [4.69, 9.17) is 26.3 Å². The molecule has 0 radical (unpaired) electrons. The van der Waals surface area contributed by atoms with Gasteiger partial charge in [0.2, 0.25) is 0 Å². The van der Waals surface area contributed by atoms with Crippen molar-refractivity contribution in [3.63, 3.8) is 0 Å². The summed E-state index contributed by atoms with van der Waals surface area (Å²) in [6.45, 7) is 0. The van der Waals surface area contributed by atoms with Crippen LogP contribution in [-0.2, 0) is 11.0 Å². The van der Waals surface area contributed by atoms with Gasteiger partial charge in [-0.2, -0.15) is 0 Å². The Labute approximate surface area is 121 Å². The minimum atomic E-state index is -6.40. The van der Waals surface area contributed by atoms with Gasteiger partial charge in [0.05, 0.1) is 0 Å². The van der Waals surface area contributed by atoms with E-state index in [0.29, 0.717) is 0 Å². The molecule has 0 aromatic heterocycles. The molecule has 65 valence electrons. The van der Waals surface area contributed by atoms with E-state index in [9.17, 15) is 4.91 Å². The van der Waals surface area contributed by atoms with Crippen LogP contribution in [0.15, 0.2) is 4.19 Å². The molecule has 0 amide bonds. The predicted octanol–water partition coefficient (Wildman–Crippen LogP) is -2.70. The van der Waals surface area contributed by atoms with Gasteiger partial charge in [-0.3, -0.25) is 0 Å². The number of nitroso groups, excluding NO2 is 1. The van der Waals surface area contributed by atoms with Crippen molar-refractivity contribution in [3.8, 4) is 24.8 Å². The van der Waals surface area contributed by atoms with Crippen LogP contribution >= 0.6 is 0 Å². The zero-order valence-electron chi connectivity index (χ0n) is 6.95. The fourth-order valence-electron chi connectivity index (χ4n) is 0.249. The Bertz CT molecular complexity index is 398. The minimum Gasteiger partial charge on any atom is 1.00 e. The van der Waals surface area contributed by atoms with Gasteiger partial charge in [-0.1, -0.05) is 0 Å². The molecule has 0 aliphatic carbocycles. The molecule has 0 aliphatic rings. The van der Waals surface area contributed by atoms with Crippen LogP contribution in [0.2, 0.25) is 0 Å². The summed E-state index contributed by atoms with van der Waals surface area (Å²) in [5, 5.41) is 42.5. The van der Waals surface area contributed by atoms with E-state index in [0.717, 1.165) is 24.8 Å². The van der Waals surface area contributed by atoms with Crippen molar-refractivity contribution >= 4 is 0 Å². The second-order valence-electron chi connectivity index (χ2n) is 1.74. The van der Waals surface area contributed by atoms with Crippen LogP contribution in [0.4, 0.5) is 0 Å². The summed E-state index contributed by atoms with van der Waals surface area (Å²) in [4.78, 5) is 14.9. The summed E-state index contributed by atoms with van der Waals surface area (Å²) in [5.74, 6) is 0. The third-order valence-electron chi connectivity index (χ3n) is 1.13. The summed E-state index contributed by atoms with van der Waals surface area (Å²) >= 11 is 0. The minimum absolute atomic E-state index is 0. The predicted molar refractivity (Wildman–Crippen MR) is 33.9 cm³/mol. The third-order valence-corrected chi connectivity index (χ3v) is 4.65. The Morgan fingerprint density at radius 1 is 0.786 bits per heavy atom. The maximum atomic E-state index is 10.3. The topological polar surface area (TPSA) is 148 Å². The Kier molecular flexibility index (Phi) is 4.20. The average molecular weight is 255 g/mol. The number of nitriles is 5. The molecule has 0 saturated carbocycles. The summed E-state index contributed by atoms with van der Waals surface area (Å²) in [7, 11) is -6.40. The molecular formula is C5FeKN6O. The first-order valence-corrected chi connectivity index (χ1v) is 5.60. The van der Waals surface area contributed by atoms with E-state index in [2.05, 4.69) is 0 Å². The number of rotatable bonds is 1. The maximum absolute atomic E-state index is 10.3. The fourth-order valence-corrected chi connectivity index (χ4v) is 1.03. The second-order valence-corrected chi connectivity index (χ2v) is 7.17. The van der Waals surface area contributed by atoms with Crippen LogP contribution < -0.4 is 51.4 Å². The number of nitrogens with zero attached hydrogens (tertiary/aromatic N) is 6. The third kappa shape index (κ3) is 1.37. The molecule has 0 aliphatic heterocycles. The number of hydrogen-bond acceptors (Lipinski definition) is 7. The van der Waals surface area contributed by atoms with Gasteiger partial charge in [-0.05, 0) is 0 Å². The van der Waals surface area contributed by atoms with Crippen LogP contribution in [0, 0.1) is 56.1 Å². The van der Waals surface area contributed by atoms with Gasteiger partial charge >= 0.3 is 123 Å². The van der Waals surface area contributed by atoms with Crippen LogP contribution in [-0.4, -0.2) is 0 Å². The first-order chi connectivity index (χ1) is 5.97. The van der Waals surface area contributed by atoms with Crippen molar-refractivity contribution in [1.82, 2.24) is 0 Å². The summed E-state index contributed by atoms with van der Waals surface area (Å²) in [5.41, 5.74) is 0. The summed E-state index contributed by atoms with van der Waals surface area (Å²) in [6.07, 6.45) is 0. The molecule has 0 saturated heterocycles. The Balaban J connectivity index is 0. The molecule has 0 aromatic carbocycles. The smallest absolute Gasteiger partial charge is 1.00 e. The molecule has 9 heteroatoms. The monoisotopic (exact) mass is 255 g/mol. The quantitative estimate of drug-likeness (QED) is 0.367. The van der Waals surface area contributed by atoms with Crippen LogP contribution in [0.1, 0.15) is 0 Å². The van der Waals surface area contributed by atoms with Gasteiger partial charge in [0.25, 0.3) is 0 Å². The molecule has 0 N–H and O–H groups in total. The molecule has 0 spiro atoms. The molecule has 0 rings (SSSR count). The van der Waals surface area contributed by atoms with E-state index >= 15 is 0 Å². The van der Waals surface area contributed by atoms with Crippen molar-refractivity contribution in [3.05, 3.63) is 4.91 Å². The zero-order valence-corrected chi connectivity index (χ0v) is 11.2. The number of hydrogen-bond donors (Lipinski definition) is 0. The Morgan fingerprint density at radius 2 is 1.00 bits per heavy atom. The Hall–Kier alpha value is -0.794. The van der Waals surface area contributed by atoms with E-state index < -0.39 is 11.0 Å². The average Bonchev–Trinajstić information content (AvgIpc) is 2.26. The molecule has 0 bridgehead atoms. The largest absolute Gasteiger partial charge is 1.00 e. The van der Waals surface area contributed by atoms with E-state index in [1.165, 1.54) is 0 Å². The van der Waals surface area contributed by atoms with E-state index in [-0.39, 0.29) is 51.4 Å². The van der Waals surface area contributed by atoms with E-state index in [1.807, 2.05) is 4.19 Å². The van der Waals surface area contributed by atoms with Crippen molar-refractivity contribution < 1.29 is 62.3 Å². The fraction of sp³-hybridized carbons (Fsp3) is 0. The molecular weight excluding hydrogens is 255 g/mol. The Morgan fingerprint density at radius 3 is 1.00 bits per heavy atom. The molecule has 7 nitrogen and oxygen atoms in total. The van der Waals surface area contributed by atoms with Gasteiger partial charge in [0, 0.05) is 0 Å². The molecule has 14 heavy (non-hydrogen) atoms. The second kappa shape index (κ2) is 3.75.